The normalized spacial score (nSPS) is 17.6. The van der Waals surface area contributed by atoms with Crippen LogP contribution in [0.3, 0.4) is 0 Å². The third-order valence-corrected chi connectivity index (χ3v) is 5.72. The van der Waals surface area contributed by atoms with E-state index in [2.05, 4.69) is 60.0 Å². The van der Waals surface area contributed by atoms with Crippen molar-refractivity contribution in [2.24, 2.45) is 5.92 Å². The zero-order valence-corrected chi connectivity index (χ0v) is 18.0. The maximum atomic E-state index is 13.1. The molecule has 7 nitrogen and oxygen atoms in total. The lowest BCUT2D eigenvalue weighted by atomic mass is 10.0. The molecule has 0 saturated carbocycles. The van der Waals surface area contributed by atoms with Crippen LogP contribution in [0.2, 0.25) is 0 Å². The third-order valence-electron chi connectivity index (χ3n) is 5.72. The summed E-state index contributed by atoms with van der Waals surface area (Å²) in [7, 11) is 2.16. The van der Waals surface area contributed by atoms with Crippen LogP contribution in [0.15, 0.2) is 10.6 Å². The van der Waals surface area contributed by atoms with Gasteiger partial charge in [-0.25, -0.2) is 4.98 Å². The molecule has 1 aliphatic rings. The highest BCUT2D eigenvalue weighted by atomic mass is 16.5. The number of hydrogen-bond donors (Lipinski definition) is 1. The van der Waals surface area contributed by atoms with Crippen molar-refractivity contribution in [1.29, 1.82) is 0 Å². The Bertz CT molecular complexity index is 822. The Morgan fingerprint density at radius 1 is 1.21 bits per heavy atom. The van der Waals surface area contributed by atoms with Crippen LogP contribution < -0.4 is 5.32 Å². The number of carbonyl (C=O) groups is 1. The fourth-order valence-electron chi connectivity index (χ4n) is 3.82. The molecule has 1 saturated heterocycles. The number of nitrogens with zero attached hydrogens (tertiary/aromatic N) is 4. The van der Waals surface area contributed by atoms with Gasteiger partial charge < -0.3 is 14.7 Å². The second-order valence-electron chi connectivity index (χ2n) is 8.56. The van der Waals surface area contributed by atoms with Crippen LogP contribution in [0.25, 0.3) is 11.1 Å². The molecule has 2 aromatic rings. The number of piperazine rings is 1. The number of pyridine rings is 1. The average molecular weight is 388 g/mol. The minimum absolute atomic E-state index is 0.0830. The highest BCUT2D eigenvalue weighted by Crippen LogP contribution is 2.25. The Balaban J connectivity index is 1.79. The lowest BCUT2D eigenvalue weighted by Gasteiger charge is -2.39. The summed E-state index contributed by atoms with van der Waals surface area (Å²) in [4.78, 5) is 22.5. The number of aromatic nitrogens is 2. The third kappa shape index (κ3) is 4.36. The number of rotatable bonds is 6. The van der Waals surface area contributed by atoms with Crippen LogP contribution in [-0.2, 0) is 0 Å². The average Bonchev–Trinajstić information content (AvgIpc) is 3.03. The molecule has 28 heavy (non-hydrogen) atoms. The van der Waals surface area contributed by atoms with Crippen molar-refractivity contribution in [3.63, 3.8) is 0 Å². The summed E-state index contributed by atoms with van der Waals surface area (Å²) in [6.45, 7) is 15.3. The largest absolute Gasteiger partial charge is 0.350 e. The zero-order chi connectivity index (χ0) is 20.4. The van der Waals surface area contributed by atoms with Gasteiger partial charge in [-0.05, 0) is 31.9 Å². The first-order valence-electron chi connectivity index (χ1n) is 10.3. The molecule has 0 radical (unpaired) electrons. The van der Waals surface area contributed by atoms with Gasteiger partial charge in [-0.2, -0.15) is 0 Å². The van der Waals surface area contributed by atoms with E-state index in [4.69, 9.17) is 4.52 Å². The Morgan fingerprint density at radius 3 is 2.50 bits per heavy atom. The van der Waals surface area contributed by atoms with Gasteiger partial charge in [0.2, 0.25) is 0 Å². The van der Waals surface area contributed by atoms with Crippen molar-refractivity contribution in [3.8, 4) is 0 Å². The molecular weight excluding hydrogens is 354 g/mol. The first-order chi connectivity index (χ1) is 13.3. The predicted molar refractivity (Wildman–Crippen MR) is 111 cm³/mol. The molecule has 1 unspecified atom stereocenters. The van der Waals surface area contributed by atoms with Gasteiger partial charge in [0.1, 0.15) is 0 Å². The molecule has 3 heterocycles. The molecule has 154 valence electrons. The maximum absolute atomic E-state index is 13.1. The van der Waals surface area contributed by atoms with E-state index in [9.17, 15) is 4.79 Å². The summed E-state index contributed by atoms with van der Waals surface area (Å²) in [6, 6.07) is 2.20. The predicted octanol–water partition coefficient (Wildman–Crippen LogP) is 2.66. The van der Waals surface area contributed by atoms with Gasteiger partial charge in [0.15, 0.2) is 0 Å². The monoisotopic (exact) mass is 387 g/mol. The van der Waals surface area contributed by atoms with E-state index in [-0.39, 0.29) is 11.8 Å². The number of likely N-dealkylation sites (N-methyl/N-ethyl adjacent to an activating group) is 1. The van der Waals surface area contributed by atoms with Crippen LogP contribution in [0.4, 0.5) is 0 Å². The van der Waals surface area contributed by atoms with Crippen molar-refractivity contribution >= 4 is 17.0 Å². The van der Waals surface area contributed by atoms with Gasteiger partial charge in [0.25, 0.3) is 11.6 Å². The van der Waals surface area contributed by atoms with Crippen molar-refractivity contribution in [2.75, 3.05) is 39.8 Å². The first-order valence-corrected chi connectivity index (χ1v) is 10.3. The summed E-state index contributed by atoms with van der Waals surface area (Å²) in [6.07, 6.45) is 0. The van der Waals surface area contributed by atoms with E-state index < -0.39 is 0 Å². The molecule has 0 bridgehead atoms. The van der Waals surface area contributed by atoms with E-state index in [1.807, 2.05) is 13.0 Å². The van der Waals surface area contributed by atoms with Crippen molar-refractivity contribution < 1.29 is 9.32 Å². The number of amides is 1. The fraction of sp³-hybridized carbons (Fsp3) is 0.667. The van der Waals surface area contributed by atoms with E-state index >= 15 is 0 Å². The molecule has 7 heteroatoms. The Labute approximate surface area is 167 Å². The highest BCUT2D eigenvalue weighted by molar-refractivity contribution is 6.06. The van der Waals surface area contributed by atoms with Gasteiger partial charge in [0, 0.05) is 44.5 Å². The molecule has 0 spiro atoms. The quantitative estimate of drug-likeness (QED) is 0.821. The van der Waals surface area contributed by atoms with E-state index in [0.717, 1.165) is 31.9 Å². The van der Waals surface area contributed by atoms with Gasteiger partial charge in [-0.3, -0.25) is 9.69 Å². The molecule has 0 aliphatic carbocycles. The smallest absolute Gasteiger partial charge is 0.259 e. The molecule has 1 N–H and O–H groups in total. The van der Waals surface area contributed by atoms with Gasteiger partial charge in [0.05, 0.1) is 16.6 Å². The first kappa shape index (κ1) is 20.7. The van der Waals surface area contributed by atoms with Crippen LogP contribution in [0.5, 0.6) is 0 Å². The maximum Gasteiger partial charge on any atom is 0.259 e. The van der Waals surface area contributed by atoms with Gasteiger partial charge >= 0.3 is 0 Å². The van der Waals surface area contributed by atoms with Crippen molar-refractivity contribution in [2.45, 2.75) is 46.6 Å². The SMILES string of the molecule is Cc1noc2nc(C(C)C)cc(C(=O)NCC(C(C)C)N3CCN(C)CC3)c12. The molecule has 2 aromatic heterocycles. The Kier molecular flexibility index (Phi) is 6.35. The van der Waals surface area contributed by atoms with Gasteiger partial charge in [-0.15, -0.1) is 0 Å². The topological polar surface area (TPSA) is 74.5 Å². The number of hydrogen-bond acceptors (Lipinski definition) is 6. The fourth-order valence-corrected chi connectivity index (χ4v) is 3.82. The Hall–Kier alpha value is -1.99. The molecule has 3 rings (SSSR count). The summed E-state index contributed by atoms with van der Waals surface area (Å²) in [5, 5.41) is 7.90. The molecular formula is C21H33N5O2. The zero-order valence-electron chi connectivity index (χ0n) is 18.0. The number of aryl methyl sites for hydroxylation is 1. The van der Waals surface area contributed by atoms with Crippen LogP contribution in [-0.4, -0.2) is 71.7 Å². The summed E-state index contributed by atoms with van der Waals surface area (Å²) >= 11 is 0. The summed E-state index contributed by atoms with van der Waals surface area (Å²) < 4.78 is 5.35. The van der Waals surface area contributed by atoms with Crippen LogP contribution in [0.1, 0.15) is 55.4 Å². The lowest BCUT2D eigenvalue weighted by Crippen LogP contribution is -2.54. The number of carbonyl (C=O) groups excluding carboxylic acids is 1. The molecule has 1 aliphatic heterocycles. The van der Waals surface area contributed by atoms with Crippen molar-refractivity contribution in [3.05, 3.63) is 23.0 Å². The second kappa shape index (κ2) is 8.57. The van der Waals surface area contributed by atoms with E-state index in [1.165, 1.54) is 0 Å². The van der Waals surface area contributed by atoms with Gasteiger partial charge in [-0.1, -0.05) is 32.9 Å². The van der Waals surface area contributed by atoms with Crippen LogP contribution in [0, 0.1) is 12.8 Å². The Morgan fingerprint density at radius 2 is 1.89 bits per heavy atom. The molecule has 1 amide bonds. The van der Waals surface area contributed by atoms with Crippen LogP contribution >= 0.6 is 0 Å². The summed E-state index contributed by atoms with van der Waals surface area (Å²) in [5.41, 5.74) is 2.58. The number of fused-ring (bicyclic) bond motifs is 1. The number of nitrogens with one attached hydrogen (secondary N) is 1. The van der Waals surface area contributed by atoms with E-state index in [0.29, 0.717) is 40.9 Å². The molecule has 0 aromatic carbocycles. The minimum Gasteiger partial charge on any atom is -0.350 e. The minimum atomic E-state index is -0.0830. The highest BCUT2D eigenvalue weighted by Gasteiger charge is 2.26. The molecule has 1 fully saturated rings. The second-order valence-corrected chi connectivity index (χ2v) is 8.56. The van der Waals surface area contributed by atoms with Crippen molar-refractivity contribution in [1.82, 2.24) is 25.3 Å². The standard InChI is InChI=1S/C21H33N5O2/c1-13(2)17-11-16(19-15(5)24-28-21(19)23-17)20(27)22-12-18(14(3)4)26-9-7-25(6)8-10-26/h11,13-14,18H,7-10,12H2,1-6H3,(H,22,27). The summed E-state index contributed by atoms with van der Waals surface area (Å²) in [5.74, 6) is 0.584. The van der Waals surface area contributed by atoms with E-state index in [1.54, 1.807) is 0 Å². The lowest BCUT2D eigenvalue weighted by molar-refractivity contribution is 0.0791. The molecule has 1 atom stereocenters.